The Morgan fingerprint density at radius 1 is 1.38 bits per heavy atom. The van der Waals surface area contributed by atoms with E-state index in [2.05, 4.69) is 6.92 Å². The van der Waals surface area contributed by atoms with E-state index in [0.29, 0.717) is 13.2 Å². The fraction of sp³-hybridized carbons (Fsp3) is 0.438. The van der Waals surface area contributed by atoms with Gasteiger partial charge in [0.25, 0.3) is 0 Å². The number of anilines is 1. The molecule has 1 atom stereocenters. The number of ether oxygens (including phenoxy) is 2. The van der Waals surface area contributed by atoms with Crippen molar-refractivity contribution in [2.75, 3.05) is 25.2 Å². The van der Waals surface area contributed by atoms with Gasteiger partial charge in [-0.1, -0.05) is 6.92 Å². The summed E-state index contributed by atoms with van der Waals surface area (Å²) in [6.07, 6.45) is 1.43. The molecule has 0 spiro atoms. The number of cyclic esters (lactones) is 1. The minimum atomic E-state index is -0.325. The van der Waals surface area contributed by atoms with Gasteiger partial charge in [0.15, 0.2) is 0 Å². The molecule has 1 fully saturated rings. The number of nitrogens with zero attached hydrogens (tertiary/aromatic N) is 1. The number of carbonyl (C=O) groups is 1. The van der Waals surface area contributed by atoms with Crippen LogP contribution in [0.1, 0.15) is 19.1 Å². The molecule has 0 N–H and O–H groups in total. The van der Waals surface area contributed by atoms with E-state index in [1.165, 1.54) is 0 Å². The van der Waals surface area contributed by atoms with Crippen LogP contribution in [-0.4, -0.2) is 32.5 Å². The average molecular weight is 289 g/mol. The molecule has 1 aliphatic heterocycles. The Kier molecular flexibility index (Phi) is 3.84. The van der Waals surface area contributed by atoms with Crippen LogP contribution in [0, 0.1) is 0 Å². The molecule has 1 aliphatic rings. The molecule has 21 heavy (non-hydrogen) atoms. The van der Waals surface area contributed by atoms with Gasteiger partial charge in [-0.15, -0.1) is 0 Å². The van der Waals surface area contributed by atoms with Gasteiger partial charge in [-0.2, -0.15) is 0 Å². The van der Waals surface area contributed by atoms with E-state index in [4.69, 9.17) is 13.9 Å². The molecule has 2 aromatic rings. The van der Waals surface area contributed by atoms with E-state index in [1.54, 1.807) is 12.0 Å². The third kappa shape index (κ3) is 2.74. The predicted octanol–water partition coefficient (Wildman–Crippen LogP) is 3.36. The highest BCUT2D eigenvalue weighted by Crippen LogP contribution is 2.28. The lowest BCUT2D eigenvalue weighted by Gasteiger charge is -2.12. The molecule has 0 unspecified atom stereocenters. The molecule has 3 rings (SSSR count). The number of amides is 1. The van der Waals surface area contributed by atoms with Crippen LogP contribution >= 0.6 is 0 Å². The lowest BCUT2D eigenvalue weighted by atomic mass is 10.2. The van der Waals surface area contributed by atoms with E-state index in [1.807, 2.05) is 24.3 Å². The highest BCUT2D eigenvalue weighted by atomic mass is 16.6. The number of fused-ring (bicyclic) bond motifs is 1. The van der Waals surface area contributed by atoms with Crippen molar-refractivity contribution in [3.05, 3.63) is 30.0 Å². The number of furan rings is 1. The van der Waals surface area contributed by atoms with Gasteiger partial charge in [0.2, 0.25) is 0 Å². The number of methoxy groups -OCH3 is 1. The Labute approximate surface area is 123 Å². The Morgan fingerprint density at radius 3 is 3.00 bits per heavy atom. The van der Waals surface area contributed by atoms with E-state index in [-0.39, 0.29) is 12.2 Å². The molecule has 1 amide bonds. The minimum absolute atomic E-state index is 0.210. The molecular formula is C16H19NO4. The van der Waals surface area contributed by atoms with E-state index in [0.717, 1.165) is 35.3 Å². The first-order valence-corrected chi connectivity index (χ1v) is 7.21. The van der Waals surface area contributed by atoms with Crippen LogP contribution in [0.25, 0.3) is 11.0 Å². The third-order valence-corrected chi connectivity index (χ3v) is 3.59. The maximum absolute atomic E-state index is 11.9. The van der Waals surface area contributed by atoms with Crippen LogP contribution in [0.3, 0.4) is 0 Å². The summed E-state index contributed by atoms with van der Waals surface area (Å²) < 4.78 is 16.1. The Balaban J connectivity index is 1.85. The van der Waals surface area contributed by atoms with Crippen molar-refractivity contribution in [1.82, 2.24) is 0 Å². The van der Waals surface area contributed by atoms with Crippen LogP contribution in [0.4, 0.5) is 10.5 Å². The first-order valence-electron chi connectivity index (χ1n) is 7.21. The molecule has 1 saturated heterocycles. The summed E-state index contributed by atoms with van der Waals surface area (Å²) in [5.74, 6) is 0.978. The summed E-state index contributed by atoms with van der Waals surface area (Å²) >= 11 is 0. The predicted molar refractivity (Wildman–Crippen MR) is 79.7 cm³/mol. The zero-order valence-electron chi connectivity index (χ0n) is 12.3. The molecular weight excluding hydrogens is 270 g/mol. The van der Waals surface area contributed by atoms with Gasteiger partial charge >= 0.3 is 6.09 Å². The molecule has 0 saturated carbocycles. The molecule has 1 aromatic carbocycles. The second kappa shape index (κ2) is 5.77. The number of aryl methyl sites for hydroxylation is 1. The largest absolute Gasteiger partial charge is 0.461 e. The van der Waals surface area contributed by atoms with Gasteiger partial charge in [-0.3, -0.25) is 4.90 Å². The summed E-state index contributed by atoms with van der Waals surface area (Å²) in [5, 5.41) is 1.01. The molecule has 0 bridgehead atoms. The van der Waals surface area contributed by atoms with E-state index < -0.39 is 0 Å². The SMILES string of the molecule is CCCc1cc2cc(N3C[C@H](COC)OC3=O)ccc2o1. The van der Waals surface area contributed by atoms with Crippen LogP contribution in [-0.2, 0) is 15.9 Å². The van der Waals surface area contributed by atoms with Crippen molar-refractivity contribution >= 4 is 22.7 Å². The van der Waals surface area contributed by atoms with Crippen LogP contribution in [0.5, 0.6) is 0 Å². The second-order valence-electron chi connectivity index (χ2n) is 5.26. The standard InChI is InChI=1S/C16H19NO4/c1-3-4-13-8-11-7-12(5-6-15(11)20-13)17-9-14(10-19-2)21-16(17)18/h5-8,14H,3-4,9-10H2,1-2H3/t14-/m1/s1. The van der Waals surface area contributed by atoms with Crippen LogP contribution in [0.15, 0.2) is 28.7 Å². The minimum Gasteiger partial charge on any atom is -0.461 e. The van der Waals surface area contributed by atoms with Crippen molar-refractivity contribution in [3.8, 4) is 0 Å². The summed E-state index contributed by atoms with van der Waals surface area (Å²) in [6, 6.07) is 7.80. The van der Waals surface area contributed by atoms with Crippen molar-refractivity contribution in [3.63, 3.8) is 0 Å². The fourth-order valence-corrected chi connectivity index (χ4v) is 2.63. The molecule has 0 radical (unpaired) electrons. The second-order valence-corrected chi connectivity index (χ2v) is 5.26. The summed E-state index contributed by atoms with van der Waals surface area (Å²) in [6.45, 7) is 3.05. The maximum Gasteiger partial charge on any atom is 0.414 e. The fourth-order valence-electron chi connectivity index (χ4n) is 2.63. The molecule has 5 nitrogen and oxygen atoms in total. The number of hydrogen-bond donors (Lipinski definition) is 0. The number of carbonyl (C=O) groups excluding carboxylic acids is 1. The topological polar surface area (TPSA) is 51.9 Å². The number of rotatable bonds is 5. The normalized spacial score (nSPS) is 18.5. The Hall–Kier alpha value is -2.01. The highest BCUT2D eigenvalue weighted by molar-refractivity contribution is 5.93. The van der Waals surface area contributed by atoms with Gasteiger partial charge in [-0.25, -0.2) is 4.79 Å². The summed E-state index contributed by atoms with van der Waals surface area (Å²) in [7, 11) is 1.60. The molecule has 5 heteroatoms. The lowest BCUT2D eigenvalue weighted by Crippen LogP contribution is -2.25. The molecule has 2 heterocycles. The monoisotopic (exact) mass is 289 g/mol. The van der Waals surface area contributed by atoms with Crippen molar-refractivity contribution in [2.45, 2.75) is 25.9 Å². The van der Waals surface area contributed by atoms with Crippen molar-refractivity contribution in [2.24, 2.45) is 0 Å². The van der Waals surface area contributed by atoms with Gasteiger partial charge in [-0.05, 0) is 30.7 Å². The van der Waals surface area contributed by atoms with Crippen molar-refractivity contribution in [1.29, 1.82) is 0 Å². The first-order chi connectivity index (χ1) is 10.2. The zero-order chi connectivity index (χ0) is 14.8. The van der Waals surface area contributed by atoms with E-state index >= 15 is 0 Å². The average Bonchev–Trinajstić information content (AvgIpc) is 3.01. The number of benzene rings is 1. The molecule has 1 aromatic heterocycles. The van der Waals surface area contributed by atoms with Gasteiger partial charge in [0, 0.05) is 24.6 Å². The lowest BCUT2D eigenvalue weighted by molar-refractivity contribution is 0.0718. The third-order valence-electron chi connectivity index (χ3n) is 3.59. The Morgan fingerprint density at radius 2 is 2.24 bits per heavy atom. The zero-order valence-corrected chi connectivity index (χ0v) is 12.3. The quantitative estimate of drug-likeness (QED) is 0.847. The maximum atomic E-state index is 11.9. The van der Waals surface area contributed by atoms with E-state index in [9.17, 15) is 4.79 Å². The van der Waals surface area contributed by atoms with Crippen molar-refractivity contribution < 1.29 is 18.7 Å². The summed E-state index contributed by atoms with van der Waals surface area (Å²) in [4.78, 5) is 13.6. The van der Waals surface area contributed by atoms with Gasteiger partial charge in [0.1, 0.15) is 17.4 Å². The van der Waals surface area contributed by atoms with Gasteiger partial charge in [0.05, 0.1) is 13.2 Å². The number of hydrogen-bond acceptors (Lipinski definition) is 4. The molecule has 112 valence electrons. The first kappa shape index (κ1) is 13.9. The smallest absolute Gasteiger partial charge is 0.414 e. The Bertz CT molecular complexity index is 649. The molecule has 0 aliphatic carbocycles. The highest BCUT2D eigenvalue weighted by Gasteiger charge is 2.32. The van der Waals surface area contributed by atoms with Crippen LogP contribution < -0.4 is 4.90 Å². The van der Waals surface area contributed by atoms with Gasteiger partial charge < -0.3 is 13.9 Å². The van der Waals surface area contributed by atoms with Crippen LogP contribution in [0.2, 0.25) is 0 Å². The summed E-state index contributed by atoms with van der Waals surface area (Å²) in [5.41, 5.74) is 1.68.